The van der Waals surface area contributed by atoms with Crippen LogP contribution in [0.25, 0.3) is 0 Å². The van der Waals surface area contributed by atoms with Crippen LogP contribution in [0.4, 0.5) is 0 Å². The fraction of sp³-hybridized carbons (Fsp3) is 0.833. The minimum atomic E-state index is -3.28. The van der Waals surface area contributed by atoms with Gasteiger partial charge >= 0.3 is 5.97 Å². The lowest BCUT2D eigenvalue weighted by Gasteiger charge is -2.01. The summed E-state index contributed by atoms with van der Waals surface area (Å²) in [5.41, 5.74) is 0. The van der Waals surface area contributed by atoms with Crippen LogP contribution < -0.4 is 0 Å². The second-order valence-corrected chi connectivity index (χ2v) is 4.92. The number of hydrogen-bond acceptors (Lipinski definition) is 3. The van der Waals surface area contributed by atoms with Crippen LogP contribution in [0.5, 0.6) is 0 Å². The van der Waals surface area contributed by atoms with Crippen molar-refractivity contribution in [2.24, 2.45) is 0 Å². The third-order valence-corrected chi connectivity index (χ3v) is 3.68. The van der Waals surface area contributed by atoms with Gasteiger partial charge in [-0.05, 0) is 6.92 Å². The van der Waals surface area contributed by atoms with Gasteiger partial charge in [-0.2, -0.15) is 4.31 Å². The lowest BCUT2D eigenvalue weighted by molar-refractivity contribution is -0.136. The summed E-state index contributed by atoms with van der Waals surface area (Å²) in [4.78, 5) is 10.1. The lowest BCUT2D eigenvalue weighted by atomic mass is 10.5. The Labute approximate surface area is 71.0 Å². The Balaban J connectivity index is 2.45. The molecule has 1 rings (SSSR count). The van der Waals surface area contributed by atoms with Crippen LogP contribution >= 0.6 is 0 Å². The van der Waals surface area contributed by atoms with Crippen molar-refractivity contribution in [3.63, 3.8) is 0 Å². The average molecular weight is 193 g/mol. The zero-order valence-electron chi connectivity index (χ0n) is 6.73. The molecular formula is C6H11NO4S. The molecular weight excluding hydrogens is 182 g/mol. The number of rotatable bonds is 4. The maximum atomic E-state index is 11.2. The van der Waals surface area contributed by atoms with E-state index in [0.717, 1.165) is 0 Å². The zero-order valence-corrected chi connectivity index (χ0v) is 7.54. The summed E-state index contributed by atoms with van der Waals surface area (Å²) in [6.45, 7) is 2.32. The van der Waals surface area contributed by atoms with Gasteiger partial charge in [0.05, 0.1) is 12.2 Å². The topological polar surface area (TPSA) is 74.5 Å². The van der Waals surface area contributed by atoms with E-state index in [9.17, 15) is 13.2 Å². The van der Waals surface area contributed by atoms with E-state index in [-0.39, 0.29) is 18.2 Å². The SMILES string of the molecule is C[C@H]1CN1S(=O)(=O)CCC(=O)O. The van der Waals surface area contributed by atoms with Crippen LogP contribution in [0.15, 0.2) is 0 Å². The highest BCUT2D eigenvalue weighted by Gasteiger charge is 2.39. The van der Waals surface area contributed by atoms with E-state index in [0.29, 0.717) is 6.54 Å². The molecule has 1 unspecified atom stereocenters. The van der Waals surface area contributed by atoms with E-state index in [4.69, 9.17) is 5.11 Å². The molecule has 0 aliphatic carbocycles. The van der Waals surface area contributed by atoms with Gasteiger partial charge in [0.25, 0.3) is 0 Å². The van der Waals surface area contributed by atoms with E-state index < -0.39 is 16.0 Å². The summed E-state index contributed by atoms with van der Waals surface area (Å²) in [5.74, 6) is -1.36. The third-order valence-electron chi connectivity index (χ3n) is 1.73. The van der Waals surface area contributed by atoms with Gasteiger partial charge < -0.3 is 5.11 Å². The van der Waals surface area contributed by atoms with Gasteiger partial charge in [-0.1, -0.05) is 0 Å². The molecule has 12 heavy (non-hydrogen) atoms. The molecule has 2 atom stereocenters. The number of carboxylic acids is 1. The number of hydrogen-bond donors (Lipinski definition) is 1. The van der Waals surface area contributed by atoms with E-state index in [1.165, 1.54) is 4.31 Å². The molecule has 5 nitrogen and oxygen atoms in total. The first kappa shape index (κ1) is 9.47. The molecule has 1 N–H and O–H groups in total. The quantitative estimate of drug-likeness (QED) is 0.610. The Morgan fingerprint density at radius 1 is 1.67 bits per heavy atom. The van der Waals surface area contributed by atoms with E-state index in [2.05, 4.69) is 0 Å². The first-order chi connectivity index (χ1) is 5.43. The third kappa shape index (κ3) is 2.18. The second kappa shape index (κ2) is 3.02. The Bertz CT molecular complexity index is 284. The number of nitrogens with zero attached hydrogens (tertiary/aromatic N) is 1. The average Bonchev–Trinajstić information content (AvgIpc) is 2.63. The predicted octanol–water partition coefficient (Wildman–Crippen LogP) is -0.505. The zero-order chi connectivity index (χ0) is 9.35. The highest BCUT2D eigenvalue weighted by atomic mass is 32.2. The van der Waals surface area contributed by atoms with Gasteiger partial charge in [-0.25, -0.2) is 8.42 Å². The smallest absolute Gasteiger partial charge is 0.304 e. The molecule has 0 aromatic rings. The predicted molar refractivity (Wildman–Crippen MR) is 42.2 cm³/mol. The Kier molecular flexibility index (Phi) is 2.39. The van der Waals surface area contributed by atoms with Gasteiger partial charge in [-0.15, -0.1) is 0 Å². The maximum absolute atomic E-state index is 11.2. The van der Waals surface area contributed by atoms with Gasteiger partial charge in [0.1, 0.15) is 0 Å². The Morgan fingerprint density at radius 2 is 2.17 bits per heavy atom. The first-order valence-electron chi connectivity index (χ1n) is 3.65. The van der Waals surface area contributed by atoms with Gasteiger partial charge in [0.15, 0.2) is 0 Å². The number of sulfonamides is 1. The molecule has 0 aromatic heterocycles. The van der Waals surface area contributed by atoms with E-state index in [1.54, 1.807) is 6.92 Å². The molecule has 1 saturated heterocycles. The van der Waals surface area contributed by atoms with Crippen molar-refractivity contribution in [2.75, 3.05) is 12.3 Å². The summed E-state index contributed by atoms with van der Waals surface area (Å²) in [7, 11) is -3.28. The number of aliphatic carboxylic acids is 1. The van der Waals surface area contributed by atoms with Crippen LogP contribution in [-0.4, -0.2) is 42.1 Å². The molecule has 0 saturated carbocycles. The summed E-state index contributed by atoms with van der Waals surface area (Å²) < 4.78 is 23.6. The number of carboxylic acid groups (broad SMARTS) is 1. The molecule has 0 radical (unpaired) electrons. The largest absolute Gasteiger partial charge is 0.481 e. The summed E-state index contributed by atoms with van der Waals surface area (Å²) in [6.07, 6.45) is -0.314. The molecule has 0 aromatic carbocycles. The van der Waals surface area contributed by atoms with Gasteiger partial charge in [0.2, 0.25) is 10.0 Å². The normalized spacial score (nSPS) is 28.4. The Hall–Kier alpha value is -0.620. The first-order valence-corrected chi connectivity index (χ1v) is 5.26. The van der Waals surface area contributed by atoms with Crippen molar-refractivity contribution in [1.29, 1.82) is 0 Å². The molecule has 0 bridgehead atoms. The molecule has 1 fully saturated rings. The fourth-order valence-corrected chi connectivity index (χ4v) is 2.59. The minimum absolute atomic E-state index is 0.0591. The second-order valence-electron chi connectivity index (χ2n) is 2.88. The van der Waals surface area contributed by atoms with Crippen molar-refractivity contribution < 1.29 is 18.3 Å². The fourth-order valence-electron chi connectivity index (χ4n) is 0.935. The molecule has 0 spiro atoms. The molecule has 0 amide bonds. The van der Waals surface area contributed by atoms with E-state index in [1.807, 2.05) is 0 Å². The van der Waals surface area contributed by atoms with Crippen molar-refractivity contribution in [1.82, 2.24) is 4.31 Å². The molecule has 1 heterocycles. The molecule has 1 aliphatic rings. The number of carbonyl (C=O) groups is 1. The maximum Gasteiger partial charge on any atom is 0.304 e. The van der Waals surface area contributed by atoms with Crippen LogP contribution in [0.1, 0.15) is 13.3 Å². The standard InChI is InChI=1S/C6H11NO4S/c1-5-4-7(5)12(10,11)3-2-6(8)9/h5H,2-4H2,1H3,(H,8,9)/t5-,7?/m0/s1. The lowest BCUT2D eigenvalue weighted by Crippen LogP contribution is -2.19. The van der Waals surface area contributed by atoms with E-state index >= 15 is 0 Å². The molecule has 70 valence electrons. The van der Waals surface area contributed by atoms with Crippen LogP contribution in [-0.2, 0) is 14.8 Å². The monoisotopic (exact) mass is 193 g/mol. The van der Waals surface area contributed by atoms with Crippen LogP contribution in [0.2, 0.25) is 0 Å². The minimum Gasteiger partial charge on any atom is -0.481 e. The summed E-state index contributed by atoms with van der Waals surface area (Å²) in [6, 6.07) is 0.0591. The van der Waals surface area contributed by atoms with Crippen molar-refractivity contribution in [3.8, 4) is 0 Å². The molecule has 6 heteroatoms. The highest BCUT2D eigenvalue weighted by Crippen LogP contribution is 2.22. The van der Waals surface area contributed by atoms with Crippen molar-refractivity contribution in [3.05, 3.63) is 0 Å². The van der Waals surface area contributed by atoms with Crippen molar-refractivity contribution >= 4 is 16.0 Å². The van der Waals surface area contributed by atoms with Crippen LogP contribution in [0, 0.1) is 0 Å². The Morgan fingerprint density at radius 3 is 2.50 bits per heavy atom. The summed E-state index contributed by atoms with van der Waals surface area (Å²) in [5, 5.41) is 8.26. The highest BCUT2D eigenvalue weighted by molar-refractivity contribution is 7.89. The van der Waals surface area contributed by atoms with Crippen LogP contribution in [0.3, 0.4) is 0 Å². The van der Waals surface area contributed by atoms with Crippen molar-refractivity contribution in [2.45, 2.75) is 19.4 Å². The van der Waals surface area contributed by atoms with Gasteiger partial charge in [-0.3, -0.25) is 4.79 Å². The van der Waals surface area contributed by atoms with Gasteiger partial charge in [0, 0.05) is 12.6 Å². The summed E-state index contributed by atoms with van der Waals surface area (Å²) >= 11 is 0. The molecule has 1 aliphatic heterocycles.